The number of benzene rings is 3. The first kappa shape index (κ1) is 27.4. The van der Waals surface area contributed by atoms with E-state index < -0.39 is 6.04 Å². The smallest absolute Gasteiger partial charge is 0.253 e. The van der Waals surface area contributed by atoms with Crippen LogP contribution in [0.3, 0.4) is 0 Å². The second-order valence-electron chi connectivity index (χ2n) is 10.0. The number of rotatable bonds is 11. The standard InChI is InChI=1S/C31H33FN6O2/c1-21-9-10-22(2)28-26(21)19-27(31(39)33-28)29(30-34-35-36-38(30)17-18-40-3)37(16-15-23-7-5-4-6-8-23)20-24-11-13-25(32)14-12-24/h4-14,19,29H,15-18,20H2,1-3H3,(H,33,39). The molecule has 206 valence electrons. The van der Waals surface area contributed by atoms with Gasteiger partial charge in [0.15, 0.2) is 5.82 Å². The van der Waals surface area contributed by atoms with Crippen molar-refractivity contribution in [3.8, 4) is 0 Å². The molecule has 0 aliphatic heterocycles. The SMILES string of the molecule is COCCn1nnnc1C(c1cc2c(C)ccc(C)c2[nH]c1=O)N(CCc1ccccc1)Cc1ccc(F)cc1. The highest BCUT2D eigenvalue weighted by Crippen LogP contribution is 2.30. The molecule has 2 heterocycles. The Hall–Kier alpha value is -4.21. The summed E-state index contributed by atoms with van der Waals surface area (Å²) in [7, 11) is 1.63. The first-order valence-corrected chi connectivity index (χ1v) is 13.3. The molecule has 5 rings (SSSR count). The molecule has 0 bridgehead atoms. The minimum absolute atomic E-state index is 0.198. The van der Waals surface area contributed by atoms with Crippen molar-refractivity contribution in [2.75, 3.05) is 20.3 Å². The van der Waals surface area contributed by atoms with Gasteiger partial charge in [-0.1, -0.05) is 54.6 Å². The van der Waals surface area contributed by atoms with Crippen LogP contribution >= 0.6 is 0 Å². The van der Waals surface area contributed by atoms with Crippen molar-refractivity contribution in [1.29, 1.82) is 0 Å². The maximum absolute atomic E-state index is 13.8. The summed E-state index contributed by atoms with van der Waals surface area (Å²) in [6.45, 7) is 5.93. The Kier molecular flexibility index (Phi) is 8.42. The average Bonchev–Trinajstić information content (AvgIpc) is 3.43. The highest BCUT2D eigenvalue weighted by Gasteiger charge is 2.31. The Bertz CT molecular complexity index is 1630. The number of H-pyrrole nitrogens is 1. The molecule has 8 nitrogen and oxygen atoms in total. The number of aromatic amines is 1. The van der Waals surface area contributed by atoms with Gasteiger partial charge >= 0.3 is 0 Å². The molecular weight excluding hydrogens is 507 g/mol. The second-order valence-corrected chi connectivity index (χ2v) is 10.0. The van der Waals surface area contributed by atoms with E-state index in [1.807, 2.05) is 44.2 Å². The summed E-state index contributed by atoms with van der Waals surface area (Å²) in [5.74, 6) is 0.249. The Balaban J connectivity index is 1.67. The first-order chi connectivity index (χ1) is 19.4. The van der Waals surface area contributed by atoms with Gasteiger partial charge in [-0.3, -0.25) is 9.69 Å². The second kappa shape index (κ2) is 12.3. The van der Waals surface area contributed by atoms with Crippen molar-refractivity contribution in [2.24, 2.45) is 0 Å². The van der Waals surface area contributed by atoms with Crippen LogP contribution in [0.2, 0.25) is 0 Å². The lowest BCUT2D eigenvalue weighted by Gasteiger charge is -2.31. The van der Waals surface area contributed by atoms with Gasteiger partial charge in [-0.15, -0.1) is 5.10 Å². The van der Waals surface area contributed by atoms with Crippen LogP contribution in [0.1, 0.15) is 39.7 Å². The summed E-state index contributed by atoms with van der Waals surface area (Å²) in [5.41, 5.74) is 5.31. The van der Waals surface area contributed by atoms with Crippen LogP contribution < -0.4 is 5.56 Å². The lowest BCUT2D eigenvalue weighted by atomic mass is 9.98. The van der Waals surface area contributed by atoms with Gasteiger partial charge in [-0.25, -0.2) is 9.07 Å². The van der Waals surface area contributed by atoms with E-state index in [-0.39, 0.29) is 11.4 Å². The fourth-order valence-electron chi connectivity index (χ4n) is 5.08. The minimum Gasteiger partial charge on any atom is -0.383 e. The lowest BCUT2D eigenvalue weighted by molar-refractivity contribution is 0.172. The number of hydrogen-bond donors (Lipinski definition) is 1. The molecule has 0 radical (unpaired) electrons. The van der Waals surface area contributed by atoms with E-state index in [2.05, 4.69) is 43.6 Å². The molecular formula is C31H33FN6O2. The molecule has 0 aliphatic carbocycles. The van der Waals surface area contributed by atoms with E-state index in [0.717, 1.165) is 34.0 Å². The minimum atomic E-state index is -0.575. The zero-order valence-corrected chi connectivity index (χ0v) is 23.0. The van der Waals surface area contributed by atoms with Crippen molar-refractivity contribution in [3.05, 3.63) is 123 Å². The molecule has 1 atom stereocenters. The Morgan fingerprint density at radius 1 is 1.00 bits per heavy atom. The third kappa shape index (κ3) is 6.00. The maximum Gasteiger partial charge on any atom is 0.253 e. The van der Waals surface area contributed by atoms with Gasteiger partial charge in [0, 0.05) is 31.1 Å². The Morgan fingerprint density at radius 2 is 1.75 bits per heavy atom. The van der Waals surface area contributed by atoms with Gasteiger partial charge in [0.1, 0.15) is 11.9 Å². The van der Waals surface area contributed by atoms with Crippen LogP contribution in [-0.4, -0.2) is 50.4 Å². The molecule has 0 saturated heterocycles. The van der Waals surface area contributed by atoms with Crippen molar-refractivity contribution >= 4 is 10.9 Å². The Labute approximate surface area is 232 Å². The number of aromatic nitrogens is 5. The zero-order valence-electron chi connectivity index (χ0n) is 23.0. The highest BCUT2D eigenvalue weighted by molar-refractivity contribution is 5.85. The fraction of sp³-hybridized carbons (Fsp3) is 0.290. The van der Waals surface area contributed by atoms with Crippen molar-refractivity contribution < 1.29 is 9.13 Å². The average molecular weight is 541 g/mol. The summed E-state index contributed by atoms with van der Waals surface area (Å²) in [6, 6.07) is 22.1. The molecule has 0 aliphatic rings. The first-order valence-electron chi connectivity index (χ1n) is 13.3. The largest absolute Gasteiger partial charge is 0.383 e. The number of tetrazole rings is 1. The van der Waals surface area contributed by atoms with Gasteiger partial charge in [0.05, 0.1) is 18.7 Å². The van der Waals surface area contributed by atoms with Crippen LogP contribution in [-0.2, 0) is 24.2 Å². The molecule has 3 aromatic carbocycles. The topological polar surface area (TPSA) is 88.9 Å². The number of methoxy groups -OCH3 is 1. The van der Waals surface area contributed by atoms with Crippen LogP contribution in [0, 0.1) is 19.7 Å². The molecule has 5 aromatic rings. The van der Waals surface area contributed by atoms with Crippen LogP contribution in [0.25, 0.3) is 10.9 Å². The van der Waals surface area contributed by atoms with E-state index in [0.29, 0.717) is 37.6 Å². The molecule has 9 heteroatoms. The number of fused-ring (bicyclic) bond motifs is 1. The number of nitrogens with one attached hydrogen (secondary N) is 1. The van der Waals surface area contributed by atoms with Crippen LogP contribution in [0.5, 0.6) is 0 Å². The number of halogens is 1. The predicted octanol–water partition coefficient (Wildman–Crippen LogP) is 4.75. The van der Waals surface area contributed by atoms with Gasteiger partial charge in [0.2, 0.25) is 0 Å². The molecule has 0 saturated carbocycles. The van der Waals surface area contributed by atoms with Gasteiger partial charge in [-0.05, 0) is 71.1 Å². The Morgan fingerprint density at radius 3 is 2.50 bits per heavy atom. The van der Waals surface area contributed by atoms with Gasteiger partial charge in [-0.2, -0.15) is 0 Å². The molecule has 1 unspecified atom stereocenters. The quantitative estimate of drug-likeness (QED) is 0.260. The van der Waals surface area contributed by atoms with Crippen molar-refractivity contribution in [3.63, 3.8) is 0 Å². The monoisotopic (exact) mass is 540 g/mol. The summed E-state index contributed by atoms with van der Waals surface area (Å²) >= 11 is 0. The van der Waals surface area contributed by atoms with Gasteiger partial charge < -0.3 is 9.72 Å². The summed E-state index contributed by atoms with van der Waals surface area (Å²) in [4.78, 5) is 19.1. The molecule has 0 spiro atoms. The predicted molar refractivity (Wildman–Crippen MR) is 153 cm³/mol. The molecule has 0 fully saturated rings. The normalized spacial score (nSPS) is 12.3. The van der Waals surface area contributed by atoms with Crippen LogP contribution in [0.15, 0.2) is 77.6 Å². The van der Waals surface area contributed by atoms with Crippen molar-refractivity contribution in [1.82, 2.24) is 30.1 Å². The molecule has 2 aromatic heterocycles. The molecule has 40 heavy (non-hydrogen) atoms. The van der Waals surface area contributed by atoms with Crippen LogP contribution in [0.4, 0.5) is 4.39 Å². The third-order valence-corrected chi connectivity index (χ3v) is 7.27. The number of nitrogens with zero attached hydrogens (tertiary/aromatic N) is 5. The van der Waals surface area contributed by atoms with E-state index in [1.54, 1.807) is 23.9 Å². The summed E-state index contributed by atoms with van der Waals surface area (Å²) in [6.07, 6.45) is 0.738. The van der Waals surface area contributed by atoms with Gasteiger partial charge in [0.25, 0.3) is 5.56 Å². The highest BCUT2D eigenvalue weighted by atomic mass is 19.1. The molecule has 1 N–H and O–H groups in total. The number of ether oxygens (including phenoxy) is 1. The lowest BCUT2D eigenvalue weighted by Crippen LogP contribution is -2.36. The van der Waals surface area contributed by atoms with E-state index in [1.165, 1.54) is 17.7 Å². The van der Waals surface area contributed by atoms with E-state index in [4.69, 9.17) is 4.74 Å². The van der Waals surface area contributed by atoms with E-state index >= 15 is 0 Å². The molecule has 0 amide bonds. The van der Waals surface area contributed by atoms with Crippen molar-refractivity contribution in [2.45, 2.75) is 39.4 Å². The summed E-state index contributed by atoms with van der Waals surface area (Å²) < 4.78 is 20.8. The fourth-order valence-corrected chi connectivity index (χ4v) is 5.08. The number of hydrogen-bond acceptors (Lipinski definition) is 6. The van der Waals surface area contributed by atoms with E-state index in [9.17, 15) is 9.18 Å². The number of pyridine rings is 1. The number of aryl methyl sites for hydroxylation is 2. The summed E-state index contributed by atoms with van der Waals surface area (Å²) in [5, 5.41) is 13.6. The zero-order chi connectivity index (χ0) is 28.1. The maximum atomic E-state index is 13.8. The third-order valence-electron chi connectivity index (χ3n) is 7.27.